The summed E-state index contributed by atoms with van der Waals surface area (Å²) in [6.45, 7) is 8.46. The molecule has 5 heteroatoms. The van der Waals surface area contributed by atoms with Crippen molar-refractivity contribution in [2.45, 2.75) is 63.8 Å². The van der Waals surface area contributed by atoms with Crippen molar-refractivity contribution in [3.05, 3.63) is 22.7 Å². The summed E-state index contributed by atoms with van der Waals surface area (Å²) in [5, 5.41) is 3.86. The Morgan fingerprint density at radius 1 is 1.35 bits per heavy atom. The number of hydrogen-bond acceptors (Lipinski definition) is 2. The molecule has 0 amide bonds. The van der Waals surface area contributed by atoms with Gasteiger partial charge in [-0.05, 0) is 36.5 Å². The minimum Gasteiger partial charge on any atom is -0.382 e. The summed E-state index contributed by atoms with van der Waals surface area (Å²) in [5.74, 6) is 0.260. The third-order valence-electron chi connectivity index (χ3n) is 3.40. The maximum atomic E-state index is 11.3. The fourth-order valence-electron chi connectivity index (χ4n) is 2.25. The number of anilines is 1. The van der Waals surface area contributed by atoms with Crippen molar-refractivity contribution in [2.24, 2.45) is 0 Å². The summed E-state index contributed by atoms with van der Waals surface area (Å²) < 4.78 is 20.6. The van der Waals surface area contributed by atoms with Crippen molar-refractivity contribution in [1.82, 2.24) is 0 Å². The third kappa shape index (κ3) is 4.47. The van der Waals surface area contributed by atoms with Crippen LogP contribution in [0.2, 0.25) is 5.02 Å². The van der Waals surface area contributed by atoms with Crippen LogP contribution in [-0.2, 0) is 11.1 Å². The summed E-state index contributed by atoms with van der Waals surface area (Å²) in [6.07, 6.45) is 3.25. The molecule has 0 bridgehead atoms. The molecule has 114 valence electrons. The van der Waals surface area contributed by atoms with Crippen LogP contribution in [0.4, 0.5) is 5.69 Å². The van der Waals surface area contributed by atoms with Gasteiger partial charge in [0.1, 0.15) is 0 Å². The first kappa shape index (κ1) is 17.5. The van der Waals surface area contributed by atoms with Crippen LogP contribution in [0, 0.1) is 0 Å². The average Bonchev–Trinajstić information content (AvgIpc) is 2.37. The van der Waals surface area contributed by atoms with Gasteiger partial charge in [0.05, 0.1) is 9.92 Å². The van der Waals surface area contributed by atoms with Crippen molar-refractivity contribution in [3.63, 3.8) is 0 Å². The largest absolute Gasteiger partial charge is 0.382 e. The minimum absolute atomic E-state index is 0.260. The van der Waals surface area contributed by atoms with Gasteiger partial charge in [0, 0.05) is 11.7 Å². The van der Waals surface area contributed by atoms with Crippen LogP contribution in [0.3, 0.4) is 0 Å². The Kier molecular flexibility index (Phi) is 7.00. The van der Waals surface area contributed by atoms with Crippen molar-refractivity contribution in [1.29, 1.82) is 0 Å². The number of rotatable bonds is 7. The smallest absolute Gasteiger partial charge is 0.188 e. The first-order chi connectivity index (χ1) is 9.40. The molecule has 0 aliphatic carbocycles. The van der Waals surface area contributed by atoms with Crippen molar-refractivity contribution in [3.8, 4) is 0 Å². The predicted octanol–water partition coefficient (Wildman–Crippen LogP) is 5.03. The van der Waals surface area contributed by atoms with E-state index in [0.29, 0.717) is 11.1 Å². The highest BCUT2D eigenvalue weighted by molar-refractivity contribution is 7.79. The SMILES string of the molecule is CCCC(CC)Nc1cc(Cl)c(S(=O)O)cc1C(C)C. The molecule has 1 aromatic carbocycles. The van der Waals surface area contributed by atoms with Gasteiger partial charge >= 0.3 is 0 Å². The molecule has 0 heterocycles. The van der Waals surface area contributed by atoms with Crippen molar-refractivity contribution in [2.75, 3.05) is 5.32 Å². The lowest BCUT2D eigenvalue weighted by atomic mass is 9.99. The van der Waals surface area contributed by atoms with Crippen LogP contribution in [0.5, 0.6) is 0 Å². The Labute approximate surface area is 129 Å². The number of hydrogen-bond donors (Lipinski definition) is 2. The van der Waals surface area contributed by atoms with E-state index in [1.807, 2.05) is 0 Å². The first-order valence-electron chi connectivity index (χ1n) is 7.11. The second-order valence-electron chi connectivity index (χ2n) is 5.31. The number of nitrogens with one attached hydrogen (secondary N) is 1. The standard InChI is InChI=1S/C15H24ClNO2S/c1-5-7-11(6-2)17-14-9-13(16)15(20(18)19)8-12(14)10(3)4/h8-11,17H,5-7H2,1-4H3,(H,18,19). The zero-order valence-corrected chi connectivity index (χ0v) is 14.1. The Balaban J connectivity index is 3.17. The summed E-state index contributed by atoms with van der Waals surface area (Å²) in [6, 6.07) is 3.92. The highest BCUT2D eigenvalue weighted by Crippen LogP contribution is 2.33. The quantitative estimate of drug-likeness (QED) is 0.693. The molecule has 20 heavy (non-hydrogen) atoms. The van der Waals surface area contributed by atoms with E-state index < -0.39 is 11.1 Å². The molecule has 2 unspecified atom stereocenters. The average molecular weight is 318 g/mol. The molecule has 0 saturated heterocycles. The normalized spacial score (nSPS) is 14.3. The fraction of sp³-hybridized carbons (Fsp3) is 0.600. The maximum absolute atomic E-state index is 11.3. The second-order valence-corrected chi connectivity index (χ2v) is 6.66. The molecule has 2 N–H and O–H groups in total. The van der Waals surface area contributed by atoms with Gasteiger partial charge in [-0.25, -0.2) is 4.21 Å². The van der Waals surface area contributed by atoms with Gasteiger partial charge in [0.2, 0.25) is 0 Å². The lowest BCUT2D eigenvalue weighted by Gasteiger charge is -2.22. The molecule has 0 radical (unpaired) electrons. The molecule has 2 atom stereocenters. The number of benzene rings is 1. The van der Waals surface area contributed by atoms with Gasteiger partial charge < -0.3 is 9.87 Å². The van der Waals surface area contributed by atoms with Gasteiger partial charge in [-0.2, -0.15) is 0 Å². The highest BCUT2D eigenvalue weighted by Gasteiger charge is 2.16. The van der Waals surface area contributed by atoms with E-state index in [-0.39, 0.29) is 10.8 Å². The molecular weight excluding hydrogens is 294 g/mol. The van der Waals surface area contributed by atoms with Crippen LogP contribution in [0.25, 0.3) is 0 Å². The first-order valence-corrected chi connectivity index (χ1v) is 8.59. The summed E-state index contributed by atoms with van der Waals surface area (Å²) in [5.41, 5.74) is 2.00. The van der Waals surface area contributed by atoms with E-state index in [1.54, 1.807) is 12.1 Å². The van der Waals surface area contributed by atoms with E-state index in [9.17, 15) is 8.76 Å². The van der Waals surface area contributed by atoms with Crippen molar-refractivity contribution >= 4 is 28.4 Å². The Hall–Kier alpha value is -0.580. The predicted molar refractivity (Wildman–Crippen MR) is 87.2 cm³/mol. The third-order valence-corrected chi connectivity index (χ3v) is 4.54. The Bertz CT molecular complexity index is 477. The van der Waals surface area contributed by atoms with Crippen LogP contribution < -0.4 is 5.32 Å². The molecule has 0 fully saturated rings. The highest BCUT2D eigenvalue weighted by atomic mass is 35.5. The summed E-state index contributed by atoms with van der Waals surface area (Å²) in [4.78, 5) is 0.282. The van der Waals surface area contributed by atoms with Crippen molar-refractivity contribution < 1.29 is 8.76 Å². The molecule has 0 spiro atoms. The summed E-state index contributed by atoms with van der Waals surface area (Å²) >= 11 is 4.06. The molecule has 0 saturated carbocycles. The molecule has 0 aromatic heterocycles. The number of halogens is 1. The molecule has 1 aromatic rings. The molecular formula is C15H24ClNO2S. The fourth-order valence-corrected chi connectivity index (χ4v) is 3.07. The molecule has 0 aliphatic heterocycles. The van der Waals surface area contributed by atoms with E-state index in [1.165, 1.54) is 0 Å². The van der Waals surface area contributed by atoms with E-state index >= 15 is 0 Å². The Morgan fingerprint density at radius 2 is 2.00 bits per heavy atom. The van der Waals surface area contributed by atoms with Gasteiger partial charge in [-0.3, -0.25) is 0 Å². The minimum atomic E-state index is -2.05. The maximum Gasteiger partial charge on any atom is 0.188 e. The lowest BCUT2D eigenvalue weighted by Crippen LogP contribution is -2.19. The van der Waals surface area contributed by atoms with Crippen LogP contribution >= 0.6 is 11.6 Å². The topological polar surface area (TPSA) is 49.3 Å². The van der Waals surface area contributed by atoms with E-state index in [4.69, 9.17) is 11.6 Å². The monoisotopic (exact) mass is 317 g/mol. The van der Waals surface area contributed by atoms with Gasteiger partial charge in [0.15, 0.2) is 11.1 Å². The summed E-state index contributed by atoms with van der Waals surface area (Å²) in [7, 11) is 0. The van der Waals surface area contributed by atoms with Gasteiger partial charge in [-0.15, -0.1) is 0 Å². The van der Waals surface area contributed by atoms with E-state index in [2.05, 4.69) is 33.0 Å². The molecule has 3 nitrogen and oxygen atoms in total. The zero-order chi connectivity index (χ0) is 15.3. The molecule has 0 aliphatic rings. The van der Waals surface area contributed by atoms with E-state index in [0.717, 1.165) is 30.5 Å². The second kappa shape index (κ2) is 8.01. The van der Waals surface area contributed by atoms with Crippen LogP contribution in [-0.4, -0.2) is 14.8 Å². The Morgan fingerprint density at radius 3 is 2.45 bits per heavy atom. The van der Waals surface area contributed by atoms with Crippen LogP contribution in [0.15, 0.2) is 17.0 Å². The van der Waals surface area contributed by atoms with Crippen LogP contribution in [0.1, 0.15) is 58.4 Å². The van der Waals surface area contributed by atoms with Gasteiger partial charge in [-0.1, -0.05) is 45.7 Å². The van der Waals surface area contributed by atoms with Gasteiger partial charge in [0.25, 0.3) is 0 Å². The lowest BCUT2D eigenvalue weighted by molar-refractivity contribution is 0.564. The zero-order valence-electron chi connectivity index (χ0n) is 12.6. The molecule has 1 rings (SSSR count).